The molecule has 0 fully saturated rings. The topological polar surface area (TPSA) is 176 Å². The van der Waals surface area contributed by atoms with Crippen molar-refractivity contribution in [3.8, 4) is 0 Å². The second-order valence-electron chi connectivity index (χ2n) is 9.96. The van der Waals surface area contributed by atoms with E-state index in [-0.39, 0.29) is 30.5 Å². The van der Waals surface area contributed by atoms with Crippen molar-refractivity contribution in [1.82, 2.24) is 31.2 Å². The van der Waals surface area contributed by atoms with Crippen LogP contribution in [-0.2, 0) is 27.2 Å². The molecule has 2 aromatic heterocycles. The fourth-order valence-corrected chi connectivity index (χ4v) is 5.07. The highest BCUT2D eigenvalue weighted by Gasteiger charge is 2.30. The zero-order valence-electron chi connectivity index (χ0n) is 22.9. The molecule has 0 saturated carbocycles. The molecule has 4 rings (SSSR count). The van der Waals surface area contributed by atoms with Gasteiger partial charge >= 0.3 is 0 Å². The third-order valence-electron chi connectivity index (χ3n) is 6.58. The highest BCUT2D eigenvalue weighted by atomic mass is 32.1. The SMILES string of the molecule is Cc1nc(CC(=O)N[C@H]2CCCCNC(=O)[C@H]([C@@H](C)O)NC(=O)c3coc(n3)[C@H](Cc3ccccc3)NC2=O)cs1. The van der Waals surface area contributed by atoms with Gasteiger partial charge in [-0.3, -0.25) is 19.2 Å². The van der Waals surface area contributed by atoms with Gasteiger partial charge in [-0.15, -0.1) is 11.3 Å². The number of hydrogen-bond donors (Lipinski definition) is 5. The number of amides is 4. The van der Waals surface area contributed by atoms with Crippen LogP contribution in [0.15, 0.2) is 46.4 Å². The van der Waals surface area contributed by atoms with E-state index >= 15 is 0 Å². The lowest BCUT2D eigenvalue weighted by Gasteiger charge is -2.23. The molecule has 5 N–H and O–H groups in total. The summed E-state index contributed by atoms with van der Waals surface area (Å²) in [6.07, 6.45) is 1.66. The van der Waals surface area contributed by atoms with E-state index in [1.807, 2.05) is 42.6 Å². The second-order valence-corrected chi connectivity index (χ2v) is 11.0. The number of aromatic nitrogens is 2. The molecule has 41 heavy (non-hydrogen) atoms. The minimum atomic E-state index is -1.20. The first kappa shape index (κ1) is 29.9. The number of rotatable bonds is 6. The van der Waals surface area contributed by atoms with Crippen LogP contribution in [-0.4, -0.2) is 63.4 Å². The van der Waals surface area contributed by atoms with Gasteiger partial charge in [0, 0.05) is 18.3 Å². The Labute approximate surface area is 241 Å². The number of benzene rings is 1. The van der Waals surface area contributed by atoms with Crippen molar-refractivity contribution in [2.75, 3.05) is 6.54 Å². The van der Waals surface area contributed by atoms with Gasteiger partial charge in [-0.2, -0.15) is 0 Å². The van der Waals surface area contributed by atoms with E-state index in [1.54, 1.807) is 0 Å². The van der Waals surface area contributed by atoms with Crippen molar-refractivity contribution in [3.63, 3.8) is 0 Å². The van der Waals surface area contributed by atoms with E-state index in [4.69, 9.17) is 4.42 Å². The number of aliphatic hydroxyl groups excluding tert-OH is 1. The molecule has 3 aromatic rings. The summed E-state index contributed by atoms with van der Waals surface area (Å²) in [4.78, 5) is 60.6. The Morgan fingerprint density at radius 1 is 1.15 bits per heavy atom. The molecule has 0 radical (unpaired) electrons. The van der Waals surface area contributed by atoms with Gasteiger partial charge in [0.2, 0.25) is 23.6 Å². The molecule has 12 nitrogen and oxygen atoms in total. The summed E-state index contributed by atoms with van der Waals surface area (Å²) in [5.41, 5.74) is 1.41. The molecular formula is C28H34N6O6S. The molecule has 1 aromatic carbocycles. The lowest BCUT2D eigenvalue weighted by atomic mass is 10.0. The van der Waals surface area contributed by atoms with Gasteiger partial charge in [0.15, 0.2) is 5.69 Å². The predicted molar refractivity (Wildman–Crippen MR) is 150 cm³/mol. The van der Waals surface area contributed by atoms with Crippen LogP contribution in [0.25, 0.3) is 0 Å². The van der Waals surface area contributed by atoms with Crippen LogP contribution in [0.5, 0.6) is 0 Å². The van der Waals surface area contributed by atoms with E-state index < -0.39 is 42.0 Å². The Morgan fingerprint density at radius 2 is 1.93 bits per heavy atom. The number of carbonyl (C=O) groups excluding carboxylic acids is 4. The van der Waals surface area contributed by atoms with Crippen LogP contribution in [0.3, 0.4) is 0 Å². The third kappa shape index (κ3) is 8.44. The molecule has 4 atom stereocenters. The number of thiazole rings is 1. The minimum absolute atomic E-state index is 0.0383. The van der Waals surface area contributed by atoms with Crippen LogP contribution in [0.2, 0.25) is 0 Å². The van der Waals surface area contributed by atoms with Crippen molar-refractivity contribution in [2.24, 2.45) is 0 Å². The first-order valence-corrected chi connectivity index (χ1v) is 14.3. The molecule has 0 aliphatic carbocycles. The van der Waals surface area contributed by atoms with Crippen LogP contribution in [0.4, 0.5) is 0 Å². The smallest absolute Gasteiger partial charge is 0.273 e. The number of aliphatic hydroxyl groups is 1. The summed E-state index contributed by atoms with van der Waals surface area (Å²) in [5.74, 6) is -1.94. The van der Waals surface area contributed by atoms with Gasteiger partial charge in [-0.1, -0.05) is 30.3 Å². The summed E-state index contributed by atoms with van der Waals surface area (Å²) in [6, 6.07) is 6.57. The number of nitrogens with zero attached hydrogens (tertiary/aromatic N) is 2. The van der Waals surface area contributed by atoms with E-state index in [2.05, 4.69) is 31.2 Å². The first-order valence-electron chi connectivity index (χ1n) is 13.5. The standard InChI is InChI=1S/C28H34N6O6S/c1-16(35)24-27(39)29-11-7-6-10-20(31-23(36)13-19-15-41-17(2)30-19)25(37)32-21(12-18-8-4-3-5-9-18)28-33-22(14-40-28)26(38)34-24/h3-5,8-9,14-16,20-21,24,35H,6-7,10-13H2,1-2H3,(H,29,39)(H,31,36)(H,32,37)(H,34,38)/t16-,20+,21+,24+/m1/s1. The Morgan fingerprint density at radius 3 is 2.63 bits per heavy atom. The van der Waals surface area contributed by atoms with Gasteiger partial charge in [0.05, 0.1) is 23.2 Å². The van der Waals surface area contributed by atoms with Crippen molar-refractivity contribution in [2.45, 2.75) is 70.2 Å². The van der Waals surface area contributed by atoms with Crippen LogP contribution < -0.4 is 21.3 Å². The largest absolute Gasteiger partial charge is 0.446 e. The van der Waals surface area contributed by atoms with E-state index in [0.717, 1.165) is 16.8 Å². The first-order chi connectivity index (χ1) is 19.7. The Kier molecular flexibility index (Phi) is 10.2. The lowest BCUT2D eigenvalue weighted by molar-refractivity contribution is -0.129. The molecule has 13 heteroatoms. The number of fused-ring (bicyclic) bond motifs is 2. The number of oxazole rings is 1. The molecule has 4 amide bonds. The lowest BCUT2D eigenvalue weighted by Crippen LogP contribution is -2.52. The van der Waals surface area contributed by atoms with Gasteiger partial charge < -0.3 is 30.8 Å². The fraction of sp³-hybridized carbons (Fsp3) is 0.429. The van der Waals surface area contributed by atoms with Gasteiger partial charge in [0.25, 0.3) is 5.91 Å². The average Bonchev–Trinajstić information content (AvgIpc) is 3.59. The number of hydrogen-bond acceptors (Lipinski definition) is 9. The van der Waals surface area contributed by atoms with E-state index in [1.165, 1.54) is 18.3 Å². The minimum Gasteiger partial charge on any atom is -0.446 e. The van der Waals surface area contributed by atoms with Gasteiger partial charge in [0.1, 0.15) is 24.4 Å². The summed E-state index contributed by atoms with van der Waals surface area (Å²) in [6.45, 7) is 3.51. The van der Waals surface area contributed by atoms with Gasteiger partial charge in [-0.05, 0) is 38.7 Å². The second kappa shape index (κ2) is 14.0. The van der Waals surface area contributed by atoms with Crippen LogP contribution >= 0.6 is 11.3 Å². The predicted octanol–water partition coefficient (Wildman–Crippen LogP) is 1.35. The van der Waals surface area contributed by atoms with Crippen molar-refractivity contribution >= 4 is 35.0 Å². The zero-order valence-corrected chi connectivity index (χ0v) is 23.7. The maximum Gasteiger partial charge on any atom is 0.273 e. The summed E-state index contributed by atoms with van der Waals surface area (Å²) >= 11 is 1.44. The Hall–Kier alpha value is -4.10. The molecule has 1 aliphatic rings. The van der Waals surface area contributed by atoms with E-state index in [0.29, 0.717) is 31.4 Å². The third-order valence-corrected chi connectivity index (χ3v) is 7.40. The van der Waals surface area contributed by atoms with Crippen LogP contribution in [0.1, 0.15) is 64.9 Å². The Balaban J connectivity index is 1.60. The quantitative estimate of drug-likeness (QED) is 0.289. The van der Waals surface area contributed by atoms with Crippen LogP contribution in [0, 0.1) is 6.92 Å². The molecule has 0 unspecified atom stereocenters. The molecule has 218 valence electrons. The van der Waals surface area contributed by atoms with E-state index in [9.17, 15) is 24.3 Å². The Bertz CT molecular complexity index is 1360. The van der Waals surface area contributed by atoms with Gasteiger partial charge in [-0.25, -0.2) is 9.97 Å². The highest BCUT2D eigenvalue weighted by molar-refractivity contribution is 7.09. The zero-order chi connectivity index (χ0) is 29.4. The van der Waals surface area contributed by atoms with Crippen molar-refractivity contribution in [1.29, 1.82) is 0 Å². The molecule has 0 saturated heterocycles. The molecule has 2 bridgehead atoms. The summed E-state index contributed by atoms with van der Waals surface area (Å²) in [5, 5.41) is 23.8. The summed E-state index contributed by atoms with van der Waals surface area (Å²) in [7, 11) is 0. The summed E-state index contributed by atoms with van der Waals surface area (Å²) < 4.78 is 5.62. The number of nitrogens with one attached hydrogen (secondary N) is 4. The molecule has 3 heterocycles. The molecular weight excluding hydrogens is 548 g/mol. The maximum atomic E-state index is 13.6. The van der Waals surface area contributed by atoms with Crippen molar-refractivity contribution in [3.05, 3.63) is 69.8 Å². The van der Waals surface area contributed by atoms with Crippen molar-refractivity contribution < 1.29 is 28.7 Å². The highest BCUT2D eigenvalue weighted by Crippen LogP contribution is 2.20. The average molecular weight is 583 g/mol. The monoisotopic (exact) mass is 582 g/mol. The normalized spacial score (nSPS) is 21.3. The maximum absolute atomic E-state index is 13.6. The molecule has 0 spiro atoms. The fourth-order valence-electron chi connectivity index (χ4n) is 4.46. The molecule has 1 aliphatic heterocycles. The number of carbonyl (C=O) groups is 4. The number of aryl methyl sites for hydroxylation is 1.